The van der Waals surface area contributed by atoms with Crippen LogP contribution in [-0.2, 0) is 6.61 Å². The Balaban J connectivity index is 1.26. The first-order chi connectivity index (χ1) is 14.1. The van der Waals surface area contributed by atoms with Crippen LogP contribution >= 0.6 is 11.6 Å². The lowest BCUT2D eigenvalue weighted by molar-refractivity contribution is 0.0622. The fourth-order valence-corrected chi connectivity index (χ4v) is 5.76. The molecule has 2 aliphatic carbocycles. The molecule has 1 aromatic carbocycles. The number of carbonyl (C=O) groups is 1. The molecule has 1 amide bonds. The summed E-state index contributed by atoms with van der Waals surface area (Å²) >= 11 is 6.20. The molecule has 0 radical (unpaired) electrons. The van der Waals surface area contributed by atoms with Crippen molar-refractivity contribution in [2.45, 2.75) is 44.8 Å². The number of rotatable bonds is 5. The minimum Gasteiger partial charge on any atom is -0.497 e. The van der Waals surface area contributed by atoms with Crippen molar-refractivity contribution in [3.8, 4) is 11.5 Å². The number of carbonyl (C=O) groups excluding carboxylic acids is 1. The van der Waals surface area contributed by atoms with Gasteiger partial charge in [0.25, 0.3) is 5.91 Å². The first-order valence-corrected chi connectivity index (χ1v) is 10.7. The van der Waals surface area contributed by atoms with Crippen LogP contribution in [0.25, 0.3) is 0 Å². The second-order valence-corrected chi connectivity index (χ2v) is 9.06. The number of fused-ring (bicyclic) bond motifs is 1. The maximum atomic E-state index is 13.2. The smallest absolute Gasteiger partial charge is 0.276 e. The molecule has 1 aromatic heterocycles. The van der Waals surface area contributed by atoms with Gasteiger partial charge in [-0.25, -0.2) is 0 Å². The van der Waals surface area contributed by atoms with E-state index in [-0.39, 0.29) is 12.5 Å². The Bertz CT molecular complexity index is 900. The third kappa shape index (κ3) is 3.70. The zero-order valence-electron chi connectivity index (χ0n) is 16.5. The minimum atomic E-state index is -0.0133. The summed E-state index contributed by atoms with van der Waals surface area (Å²) in [7, 11) is 1.58. The largest absolute Gasteiger partial charge is 0.497 e. The second-order valence-electron chi connectivity index (χ2n) is 8.65. The van der Waals surface area contributed by atoms with Gasteiger partial charge in [0, 0.05) is 24.7 Å². The van der Waals surface area contributed by atoms with Crippen LogP contribution < -0.4 is 9.47 Å². The molecule has 29 heavy (non-hydrogen) atoms. The van der Waals surface area contributed by atoms with E-state index in [4.69, 9.17) is 25.6 Å². The van der Waals surface area contributed by atoms with E-state index in [1.54, 1.807) is 31.4 Å². The zero-order chi connectivity index (χ0) is 20.0. The number of nitrogens with zero attached hydrogens (tertiary/aromatic N) is 2. The van der Waals surface area contributed by atoms with E-state index in [1.165, 1.54) is 19.3 Å². The molecule has 6 nitrogen and oxygen atoms in total. The van der Waals surface area contributed by atoms with E-state index >= 15 is 0 Å². The summed E-state index contributed by atoms with van der Waals surface area (Å²) in [6.45, 7) is 1.01. The summed E-state index contributed by atoms with van der Waals surface area (Å²) in [4.78, 5) is 15.2. The SMILES string of the molecule is COc1ccc(OCc2cc(C(=O)N3CC4C[C@@H]5CC3C[C@H](C4)C5)no2)c(Cl)c1. The van der Waals surface area contributed by atoms with Crippen LogP contribution in [0.1, 0.15) is 48.4 Å². The zero-order valence-corrected chi connectivity index (χ0v) is 17.2. The average Bonchev–Trinajstić information content (AvgIpc) is 3.10. The van der Waals surface area contributed by atoms with Gasteiger partial charge in [-0.05, 0) is 62.0 Å². The lowest BCUT2D eigenvalue weighted by Crippen LogP contribution is -2.42. The molecule has 2 unspecified atom stereocenters. The van der Waals surface area contributed by atoms with Crippen LogP contribution in [-0.4, -0.2) is 35.7 Å². The molecule has 6 rings (SSSR count). The van der Waals surface area contributed by atoms with E-state index in [9.17, 15) is 4.79 Å². The van der Waals surface area contributed by atoms with E-state index in [0.29, 0.717) is 39.9 Å². The normalized spacial score (nSPS) is 27.7. The third-order valence-electron chi connectivity index (χ3n) is 6.65. The molecule has 4 bridgehead atoms. The van der Waals surface area contributed by atoms with Crippen molar-refractivity contribution in [2.24, 2.45) is 17.8 Å². The standard InChI is InChI=1S/C22H25ClN2O4/c1-27-17-2-3-21(19(23)9-17)28-12-18-10-20(24-29-18)22(26)25-11-15-5-13-4-14(6-15)8-16(25)7-13/h2-3,9-10,13-16H,4-8,11-12H2,1H3/t13-,14+,15?,16?. The van der Waals surface area contributed by atoms with E-state index in [0.717, 1.165) is 31.2 Å². The summed E-state index contributed by atoms with van der Waals surface area (Å²) in [5, 5.41) is 4.48. The van der Waals surface area contributed by atoms with Crippen LogP contribution in [0.4, 0.5) is 0 Å². The van der Waals surface area contributed by atoms with Gasteiger partial charge < -0.3 is 18.9 Å². The van der Waals surface area contributed by atoms with E-state index < -0.39 is 0 Å². The summed E-state index contributed by atoms with van der Waals surface area (Å²) in [5.41, 5.74) is 0.366. The van der Waals surface area contributed by atoms with Gasteiger partial charge in [-0.1, -0.05) is 16.8 Å². The summed E-state index contributed by atoms with van der Waals surface area (Å²) in [6, 6.07) is 7.25. The molecule has 154 valence electrons. The van der Waals surface area contributed by atoms with Crippen LogP contribution in [0.2, 0.25) is 5.02 Å². The van der Waals surface area contributed by atoms with Crippen LogP contribution in [0.15, 0.2) is 28.8 Å². The Labute approximate surface area is 175 Å². The van der Waals surface area contributed by atoms with Gasteiger partial charge in [0.15, 0.2) is 11.5 Å². The molecule has 2 aliphatic heterocycles. The molecule has 2 saturated carbocycles. The molecule has 3 heterocycles. The number of ether oxygens (including phenoxy) is 2. The fourth-order valence-electron chi connectivity index (χ4n) is 5.54. The average molecular weight is 417 g/mol. The predicted molar refractivity (Wildman–Crippen MR) is 107 cm³/mol. The molecule has 4 atom stereocenters. The van der Waals surface area contributed by atoms with Gasteiger partial charge in [-0.2, -0.15) is 0 Å². The highest BCUT2D eigenvalue weighted by Crippen LogP contribution is 2.47. The van der Waals surface area contributed by atoms with Crippen molar-refractivity contribution in [1.29, 1.82) is 0 Å². The Kier molecular flexibility index (Phi) is 4.90. The quantitative estimate of drug-likeness (QED) is 0.714. The molecular formula is C22H25ClN2O4. The van der Waals surface area contributed by atoms with Crippen molar-refractivity contribution >= 4 is 17.5 Å². The molecule has 4 fully saturated rings. The van der Waals surface area contributed by atoms with Gasteiger partial charge in [0.1, 0.15) is 18.1 Å². The molecule has 2 saturated heterocycles. The predicted octanol–water partition coefficient (Wildman–Crippen LogP) is 4.57. The highest BCUT2D eigenvalue weighted by atomic mass is 35.5. The van der Waals surface area contributed by atoms with Crippen molar-refractivity contribution in [1.82, 2.24) is 10.1 Å². The second kappa shape index (κ2) is 7.56. The highest BCUT2D eigenvalue weighted by molar-refractivity contribution is 6.32. The summed E-state index contributed by atoms with van der Waals surface area (Å²) < 4.78 is 16.2. The summed E-state index contributed by atoms with van der Waals surface area (Å²) in [6.07, 6.45) is 6.19. The van der Waals surface area contributed by atoms with Crippen molar-refractivity contribution < 1.29 is 18.8 Å². The third-order valence-corrected chi connectivity index (χ3v) is 6.95. The van der Waals surface area contributed by atoms with Crippen LogP contribution in [0, 0.1) is 17.8 Å². The Morgan fingerprint density at radius 2 is 1.93 bits per heavy atom. The topological polar surface area (TPSA) is 64.8 Å². The Hall–Kier alpha value is -2.21. The van der Waals surface area contributed by atoms with Crippen molar-refractivity contribution in [2.75, 3.05) is 13.7 Å². The lowest BCUT2D eigenvalue weighted by atomic mass is 9.68. The molecule has 0 spiro atoms. The number of amides is 1. The fraction of sp³-hybridized carbons (Fsp3) is 0.545. The van der Waals surface area contributed by atoms with Crippen molar-refractivity contribution in [3.63, 3.8) is 0 Å². The molecule has 4 aliphatic rings. The maximum absolute atomic E-state index is 13.2. The number of hydrogen-bond acceptors (Lipinski definition) is 5. The Morgan fingerprint density at radius 3 is 2.66 bits per heavy atom. The van der Waals surface area contributed by atoms with Gasteiger partial charge in [0.2, 0.25) is 0 Å². The van der Waals surface area contributed by atoms with Gasteiger partial charge in [0.05, 0.1) is 12.1 Å². The molecule has 2 aromatic rings. The molecule has 7 heteroatoms. The highest BCUT2D eigenvalue weighted by Gasteiger charge is 2.44. The Morgan fingerprint density at radius 1 is 1.17 bits per heavy atom. The van der Waals surface area contributed by atoms with Gasteiger partial charge >= 0.3 is 0 Å². The van der Waals surface area contributed by atoms with Crippen LogP contribution in [0.3, 0.4) is 0 Å². The first kappa shape index (κ1) is 18.8. The monoisotopic (exact) mass is 416 g/mol. The molecular weight excluding hydrogens is 392 g/mol. The van der Waals surface area contributed by atoms with Crippen molar-refractivity contribution in [3.05, 3.63) is 40.7 Å². The number of methoxy groups -OCH3 is 1. The molecule has 0 N–H and O–H groups in total. The number of halogens is 1. The van der Waals surface area contributed by atoms with E-state index in [2.05, 4.69) is 10.1 Å². The number of aromatic nitrogens is 1. The lowest BCUT2D eigenvalue weighted by Gasteiger charge is -2.38. The van der Waals surface area contributed by atoms with Gasteiger partial charge in [-0.15, -0.1) is 0 Å². The number of benzene rings is 1. The number of hydrogen-bond donors (Lipinski definition) is 0. The van der Waals surface area contributed by atoms with Gasteiger partial charge in [-0.3, -0.25) is 4.79 Å². The first-order valence-electron chi connectivity index (χ1n) is 10.3. The minimum absolute atomic E-state index is 0.0133. The van der Waals surface area contributed by atoms with Crippen LogP contribution in [0.5, 0.6) is 11.5 Å². The maximum Gasteiger partial charge on any atom is 0.276 e. The summed E-state index contributed by atoms with van der Waals surface area (Å²) in [5.74, 6) is 3.91. The van der Waals surface area contributed by atoms with E-state index in [1.807, 2.05) is 0 Å².